The number of nitrogens with one attached hydrogen (secondary N) is 2. The van der Waals surface area contributed by atoms with Crippen molar-refractivity contribution in [1.29, 1.82) is 5.41 Å². The average molecular weight is 1710 g/mol. The lowest BCUT2D eigenvalue weighted by Crippen LogP contribution is -2.63. The summed E-state index contributed by atoms with van der Waals surface area (Å²) in [6.45, 7) is 16.2. The number of carboxylic acids is 5. The Hall–Kier alpha value is -6.81. The summed E-state index contributed by atoms with van der Waals surface area (Å²) < 4.78 is 24.4. The van der Waals surface area contributed by atoms with Crippen LogP contribution in [0, 0.1) is 58.7 Å². The fraction of sp³-hybridized carbons (Fsp3) is 0.681. The van der Waals surface area contributed by atoms with Gasteiger partial charge in [0.25, 0.3) is 10.2 Å². The lowest BCUT2D eigenvalue weighted by molar-refractivity contribution is -0.163. The second-order valence-electron chi connectivity index (χ2n) is 30.9. The molecular formula is C72H105N13O23S6. The van der Waals surface area contributed by atoms with Crippen LogP contribution >= 0.6 is 58.8 Å². The standard InChI is InChI=1S/C18H26N2O5S.C16H25N3O6S2.C15H21N3O4S.C12H17N3O4S.C11H16N2O4S/c1-8-13-12(9(2)21)17(23)20(13)14(18(24)25)15(8)26-11-6-5-10(7-11)16(22)19(3)4;1-7-12-11(8(2)20)15(21)19(12)13(16(22)23)14(7)26-10-4-3-9(5-10)6-18-27(17,24)25;1-7(19)12-10-5-11(13(15(21)22)18(10)14(12)20)23-9-3-4-17(6-9)8(2)16;1-6(16)9-7-4-8(20-3-2-14-5-13)10(12(18)19)15(7)11(9)17;1-5(14)8-6-4-7(18-3-2-12)9(11(16)17)13(6)10(8)15/h8-13,21H,5-7H2,1-4H3,(H,24,25);7-12,18,20H,3-6H2,1-2H3,(H,22,23)(H2,17,24,25);7,9-10,12,16,19H,3-6H2,1-2H3,(H,21,22);5-7,9,16H,2-4H2,1H3,(H2,13,14)(H,18,19);5-6,8,14H,2-4,12H2,1H3,(H,16,17)/t8-,9-,10+,11-,12-,13-;7-,8-,9+,10-,11-,12-;7-,9+,10-,12-;6-,7-,9-;5-,6-,8-/m11111/s1. The molecule has 0 bridgehead atoms. The Kier molecular flexibility index (Phi) is 29.9. The fourth-order valence-corrected chi connectivity index (χ4v) is 24.9. The first-order chi connectivity index (χ1) is 53.4. The highest BCUT2D eigenvalue weighted by Crippen LogP contribution is 2.56. The van der Waals surface area contributed by atoms with E-state index in [1.807, 2.05) is 18.7 Å². The van der Waals surface area contributed by atoms with Gasteiger partial charge in [-0.15, -0.1) is 58.8 Å². The van der Waals surface area contributed by atoms with Crippen molar-refractivity contribution in [2.24, 2.45) is 74.9 Å². The van der Waals surface area contributed by atoms with E-state index in [1.165, 1.54) is 89.6 Å². The van der Waals surface area contributed by atoms with E-state index in [-0.39, 0.29) is 140 Å². The molecule has 11 aliphatic heterocycles. The minimum atomic E-state index is -3.72. The number of amides is 6. The molecule has 8 fully saturated rings. The molecule has 0 radical (unpaired) electrons. The summed E-state index contributed by atoms with van der Waals surface area (Å²) in [5.41, 5.74) is 10.9. The molecule has 18 N–H and O–H groups in total. The summed E-state index contributed by atoms with van der Waals surface area (Å²) in [4.78, 5) is 148. The molecule has 632 valence electrons. The van der Waals surface area contributed by atoms with E-state index in [0.29, 0.717) is 69.3 Å². The number of thioether (sulfide) groups is 5. The van der Waals surface area contributed by atoms with Crippen LogP contribution in [0.15, 0.2) is 58.0 Å². The number of hydrogen-bond donors (Lipinski definition) is 15. The molecule has 2 aliphatic carbocycles. The van der Waals surface area contributed by atoms with E-state index < -0.39 is 100 Å². The molecule has 114 heavy (non-hydrogen) atoms. The van der Waals surface area contributed by atoms with Crippen molar-refractivity contribution in [3.05, 3.63) is 53.0 Å². The summed E-state index contributed by atoms with van der Waals surface area (Å²) in [5.74, 6) is -7.87. The maximum absolute atomic E-state index is 12.4. The smallest absolute Gasteiger partial charge is 0.353 e. The highest BCUT2D eigenvalue weighted by atomic mass is 32.2. The van der Waals surface area contributed by atoms with E-state index in [9.17, 15) is 112 Å². The topological polar surface area (TPSA) is 573 Å². The number of hydrogen-bond acceptors (Lipinski definition) is 26. The number of nitrogens with zero attached hydrogens (tertiary/aromatic N) is 8. The van der Waals surface area contributed by atoms with Crippen LogP contribution in [-0.4, -0.2) is 306 Å². The Bertz CT molecular complexity index is 4150. The van der Waals surface area contributed by atoms with Gasteiger partial charge in [0.2, 0.25) is 35.4 Å². The zero-order valence-corrected chi connectivity index (χ0v) is 69.7. The number of amidine groups is 1. The van der Waals surface area contributed by atoms with E-state index >= 15 is 0 Å². The zero-order valence-electron chi connectivity index (χ0n) is 64.8. The van der Waals surface area contributed by atoms with Gasteiger partial charge in [0.15, 0.2) is 0 Å². The molecule has 0 unspecified atom stereocenters. The number of carboxylic acid groups (broad SMARTS) is 5. The van der Waals surface area contributed by atoms with Crippen LogP contribution in [0.25, 0.3) is 0 Å². The van der Waals surface area contributed by atoms with E-state index in [0.717, 1.165) is 62.9 Å². The Morgan fingerprint density at radius 1 is 0.561 bits per heavy atom. The van der Waals surface area contributed by atoms with Gasteiger partial charge in [-0.1, -0.05) is 13.8 Å². The molecule has 36 nitrogen and oxygen atoms in total. The third-order valence-electron chi connectivity index (χ3n) is 23.0. The molecule has 13 rings (SSSR count). The minimum absolute atomic E-state index is 0.0167. The number of aliphatic carboxylic acids is 5. The van der Waals surface area contributed by atoms with Crippen LogP contribution in [0.1, 0.15) is 120 Å². The third kappa shape index (κ3) is 18.5. The first kappa shape index (κ1) is 91.1. The number of aliphatic hydroxyl groups is 5. The van der Waals surface area contributed by atoms with Crippen molar-refractivity contribution in [2.75, 3.05) is 58.3 Å². The van der Waals surface area contributed by atoms with Gasteiger partial charge in [0.05, 0.1) is 109 Å². The Morgan fingerprint density at radius 3 is 1.32 bits per heavy atom. The van der Waals surface area contributed by atoms with Gasteiger partial charge < -0.3 is 96.8 Å². The molecule has 13 aliphatic rings. The van der Waals surface area contributed by atoms with E-state index in [2.05, 4.69) is 9.71 Å². The molecule has 0 aromatic heterocycles. The molecule has 0 spiro atoms. The van der Waals surface area contributed by atoms with Gasteiger partial charge in [-0.05, 0) is 92.4 Å². The number of aliphatic imine (C=N–C) groups is 1. The number of nitrogens with two attached hydrogens (primary N) is 3. The second-order valence-corrected chi connectivity index (χ2v) is 38.7. The van der Waals surface area contributed by atoms with Gasteiger partial charge >= 0.3 is 29.8 Å². The van der Waals surface area contributed by atoms with Gasteiger partial charge in [0, 0.05) is 129 Å². The highest BCUT2D eigenvalue weighted by Gasteiger charge is 2.64. The van der Waals surface area contributed by atoms with Crippen LogP contribution in [0.5, 0.6) is 0 Å². The number of likely N-dealkylation sites (tertiary alicyclic amines) is 1. The van der Waals surface area contributed by atoms with Crippen LogP contribution in [-0.2, 0) is 62.9 Å². The average Bonchev–Trinajstić information content (AvgIpc) is 1.64. The lowest BCUT2D eigenvalue weighted by atomic mass is 9.79. The van der Waals surface area contributed by atoms with Crippen molar-refractivity contribution >= 4 is 146 Å². The van der Waals surface area contributed by atoms with Crippen LogP contribution in [0.4, 0.5) is 0 Å². The summed E-state index contributed by atoms with van der Waals surface area (Å²) in [6, 6.07) is -1.25. The number of rotatable bonds is 27. The molecule has 22 atom stereocenters. The number of carbonyl (C=O) groups is 11. The van der Waals surface area contributed by atoms with Crippen LogP contribution in [0.2, 0.25) is 0 Å². The van der Waals surface area contributed by atoms with Crippen molar-refractivity contribution in [3.63, 3.8) is 0 Å². The number of carbonyl (C=O) groups excluding carboxylic acids is 6. The van der Waals surface area contributed by atoms with Gasteiger partial charge in [0.1, 0.15) is 28.5 Å². The number of β-lactam (4-membered cyclic amide) rings is 5. The highest BCUT2D eigenvalue weighted by molar-refractivity contribution is 8.04. The van der Waals surface area contributed by atoms with Crippen molar-refractivity contribution in [1.82, 2.24) is 39.0 Å². The molecule has 11 heterocycles. The second kappa shape index (κ2) is 37.4. The van der Waals surface area contributed by atoms with Crippen molar-refractivity contribution < 1.29 is 112 Å². The molecule has 0 aromatic carbocycles. The van der Waals surface area contributed by atoms with Gasteiger partial charge in [-0.25, -0.2) is 33.8 Å². The first-order valence-electron chi connectivity index (χ1n) is 37.8. The minimum Gasteiger partial charge on any atom is -0.477 e. The fourth-order valence-electron chi connectivity index (χ4n) is 17.8. The summed E-state index contributed by atoms with van der Waals surface area (Å²) in [6.07, 6.45) is 4.53. The SMILES string of the molecule is CC(=N)N1CC[C@H](SC2=C(C(=O)O)N3C(=O)[C@H]([C@@H](C)O)[C@H]3C2)C1.C[C@@H](O)[C@H]1C(=O)N2C(C(=O)O)=C(SCCN)C[C@H]12.C[C@@H](O)[C@H]1C(=O)N2C(C(=O)O)=C(SCCN=CN)C[C@H]12.C[C@@H](O)[C@H]1C(=O)N2C(C(=O)O)=C(S[C@@H]3CC[C@H](C(=O)N(C)C)C3)[C@H](C)[C@H]12.C[C@@H](O)[C@H]1C(=O)N2C(C(=O)O)=C(S[C@@H]3CC[C@H](CNS(N)(=O)=O)C3)[C@H](C)[C@H]12. The predicted octanol–water partition coefficient (Wildman–Crippen LogP) is 0.864. The maximum Gasteiger partial charge on any atom is 0.353 e. The van der Waals surface area contributed by atoms with Crippen LogP contribution < -0.4 is 21.3 Å². The molecule has 6 saturated heterocycles. The summed E-state index contributed by atoms with van der Waals surface area (Å²) in [5, 5.41) is 109. The Balaban J connectivity index is 0.000000164. The normalized spacial score (nSPS) is 31.6. The summed E-state index contributed by atoms with van der Waals surface area (Å²) >= 11 is 7.26. The number of fused-ring (bicyclic) bond motifs is 5. The number of aliphatic hydroxyl groups excluding tert-OH is 5. The predicted molar refractivity (Wildman–Crippen MR) is 424 cm³/mol. The quantitative estimate of drug-likeness (QED) is 0.0235. The lowest BCUT2D eigenvalue weighted by Gasteiger charge is -2.46. The summed E-state index contributed by atoms with van der Waals surface area (Å²) in [7, 11) is -0.219. The largest absolute Gasteiger partial charge is 0.477 e. The van der Waals surface area contributed by atoms with Crippen molar-refractivity contribution in [3.8, 4) is 0 Å². The van der Waals surface area contributed by atoms with Gasteiger partial charge in [-0.2, -0.15) is 8.42 Å². The molecule has 2 saturated carbocycles. The Labute approximate surface area is 681 Å². The first-order valence-corrected chi connectivity index (χ1v) is 43.9. The zero-order chi connectivity index (χ0) is 84.6. The van der Waals surface area contributed by atoms with Gasteiger partial charge in [-0.3, -0.25) is 39.2 Å². The molecule has 0 aromatic rings. The third-order valence-corrected chi connectivity index (χ3v) is 30.4. The molecular weight excluding hydrogens is 1610 g/mol. The molecule has 42 heteroatoms. The van der Waals surface area contributed by atoms with Crippen molar-refractivity contribution in [2.45, 2.75) is 196 Å². The van der Waals surface area contributed by atoms with E-state index in [4.69, 9.17) is 22.0 Å². The maximum atomic E-state index is 12.4. The Morgan fingerprint density at radius 2 is 0.947 bits per heavy atom. The monoisotopic (exact) mass is 1710 g/mol. The van der Waals surface area contributed by atoms with Crippen LogP contribution in [0.3, 0.4) is 0 Å². The van der Waals surface area contributed by atoms with E-state index in [1.54, 1.807) is 60.5 Å². The molecule has 6 amide bonds.